The highest BCUT2D eigenvalue weighted by molar-refractivity contribution is 9.10. The summed E-state index contributed by atoms with van der Waals surface area (Å²) in [7, 11) is 0. The molecule has 1 heterocycles. The van der Waals surface area contributed by atoms with Gasteiger partial charge in [-0.05, 0) is 18.2 Å². The Morgan fingerprint density at radius 1 is 1.56 bits per heavy atom. The van der Waals surface area contributed by atoms with E-state index in [1.807, 2.05) is 0 Å². The van der Waals surface area contributed by atoms with Crippen molar-refractivity contribution in [2.45, 2.75) is 6.04 Å². The number of carbonyl (C=O) groups is 1. The molecule has 0 bridgehead atoms. The number of aliphatic hydroxyl groups is 1. The lowest BCUT2D eigenvalue weighted by Gasteiger charge is -2.34. The number of rotatable bonds is 2. The Bertz CT molecular complexity index is 452. The average molecular weight is 316 g/mol. The van der Waals surface area contributed by atoms with E-state index in [1.54, 1.807) is 12.1 Å². The van der Waals surface area contributed by atoms with Crippen LogP contribution in [-0.4, -0.2) is 53.4 Å². The molecule has 2 N–H and O–H groups in total. The van der Waals surface area contributed by atoms with Crippen molar-refractivity contribution >= 4 is 21.8 Å². The van der Waals surface area contributed by atoms with Crippen LogP contribution >= 0.6 is 15.9 Å². The van der Waals surface area contributed by atoms with Crippen LogP contribution in [0.4, 0.5) is 0 Å². The molecule has 0 saturated carbocycles. The number of nitrogens with zero attached hydrogens (tertiary/aromatic N) is 1. The molecule has 1 unspecified atom stereocenters. The summed E-state index contributed by atoms with van der Waals surface area (Å²) in [6.07, 6.45) is 0. The van der Waals surface area contributed by atoms with Crippen molar-refractivity contribution in [3.05, 3.63) is 28.2 Å². The number of benzene rings is 1. The van der Waals surface area contributed by atoms with E-state index in [0.717, 1.165) is 0 Å². The second-order valence-electron chi connectivity index (χ2n) is 4.07. The molecule has 1 amide bonds. The summed E-state index contributed by atoms with van der Waals surface area (Å²) in [5.41, 5.74) is 0.235. The third-order valence-corrected chi connectivity index (χ3v) is 3.38. The van der Waals surface area contributed by atoms with E-state index in [4.69, 9.17) is 4.74 Å². The van der Waals surface area contributed by atoms with Crippen LogP contribution in [0.2, 0.25) is 0 Å². The van der Waals surface area contributed by atoms with Crippen molar-refractivity contribution in [2.75, 3.05) is 26.4 Å². The van der Waals surface area contributed by atoms with E-state index in [1.165, 1.54) is 11.0 Å². The highest BCUT2D eigenvalue weighted by atomic mass is 79.9. The zero-order valence-electron chi connectivity index (χ0n) is 9.67. The van der Waals surface area contributed by atoms with Crippen LogP contribution in [0.15, 0.2) is 22.7 Å². The summed E-state index contributed by atoms with van der Waals surface area (Å²) in [4.78, 5) is 13.8. The summed E-state index contributed by atoms with van der Waals surface area (Å²) in [6.45, 7) is 1.03. The molecule has 0 aromatic heterocycles. The third kappa shape index (κ3) is 2.66. The minimum atomic E-state index is -0.353. The van der Waals surface area contributed by atoms with E-state index in [-0.39, 0.29) is 29.9 Å². The van der Waals surface area contributed by atoms with Gasteiger partial charge in [0.15, 0.2) is 0 Å². The van der Waals surface area contributed by atoms with Crippen LogP contribution in [0.1, 0.15) is 10.4 Å². The second kappa shape index (κ2) is 5.69. The van der Waals surface area contributed by atoms with Crippen LogP contribution in [0.25, 0.3) is 0 Å². The number of hydrogen-bond acceptors (Lipinski definition) is 4. The molecule has 0 aliphatic carbocycles. The Hall–Kier alpha value is -1.11. The van der Waals surface area contributed by atoms with Gasteiger partial charge < -0.3 is 19.8 Å². The zero-order valence-corrected chi connectivity index (χ0v) is 11.3. The van der Waals surface area contributed by atoms with Gasteiger partial charge in [0, 0.05) is 11.0 Å². The van der Waals surface area contributed by atoms with Crippen LogP contribution in [0.5, 0.6) is 5.75 Å². The Labute approximate surface area is 113 Å². The van der Waals surface area contributed by atoms with Gasteiger partial charge in [-0.25, -0.2) is 0 Å². The number of carbonyl (C=O) groups excluding carboxylic acids is 1. The predicted octanol–water partition coefficient (Wildman–Crippen LogP) is 0.988. The van der Waals surface area contributed by atoms with E-state index in [0.29, 0.717) is 24.2 Å². The number of halogens is 1. The maximum Gasteiger partial charge on any atom is 0.258 e. The van der Waals surface area contributed by atoms with Gasteiger partial charge in [-0.2, -0.15) is 0 Å². The zero-order chi connectivity index (χ0) is 13.1. The summed E-state index contributed by atoms with van der Waals surface area (Å²) in [5.74, 6) is -0.361. The summed E-state index contributed by atoms with van der Waals surface area (Å²) < 4.78 is 5.92. The summed E-state index contributed by atoms with van der Waals surface area (Å²) in [5, 5.41) is 19.0. The first-order valence-corrected chi connectivity index (χ1v) is 6.41. The standard InChI is InChI=1S/C12H14BrNO4/c13-8-1-2-10(11(16)5-8)12(17)14-3-4-18-7-9(14)6-15/h1-2,5,9,15-16H,3-4,6-7H2. The highest BCUT2D eigenvalue weighted by Gasteiger charge is 2.28. The van der Waals surface area contributed by atoms with Gasteiger partial charge in [-0.3, -0.25) is 4.79 Å². The molecule has 5 nitrogen and oxygen atoms in total. The first kappa shape index (κ1) is 13.3. The van der Waals surface area contributed by atoms with Crippen molar-refractivity contribution in [2.24, 2.45) is 0 Å². The normalized spacial score (nSPS) is 19.9. The molecule has 1 fully saturated rings. The fraction of sp³-hybridized carbons (Fsp3) is 0.417. The van der Waals surface area contributed by atoms with E-state index in [2.05, 4.69) is 15.9 Å². The van der Waals surface area contributed by atoms with Crippen LogP contribution in [-0.2, 0) is 4.74 Å². The van der Waals surface area contributed by atoms with Gasteiger partial charge in [0.25, 0.3) is 5.91 Å². The van der Waals surface area contributed by atoms with Gasteiger partial charge in [-0.15, -0.1) is 0 Å². The molecule has 1 atom stereocenters. The van der Waals surface area contributed by atoms with Crippen LogP contribution < -0.4 is 0 Å². The molecule has 1 aliphatic rings. The Morgan fingerprint density at radius 3 is 3.00 bits per heavy atom. The summed E-state index contributed by atoms with van der Waals surface area (Å²) >= 11 is 3.22. The molecule has 0 spiro atoms. The molecule has 18 heavy (non-hydrogen) atoms. The number of aliphatic hydroxyl groups excluding tert-OH is 1. The molecule has 1 saturated heterocycles. The maximum absolute atomic E-state index is 12.3. The summed E-state index contributed by atoms with van der Waals surface area (Å²) in [6, 6.07) is 4.38. The Morgan fingerprint density at radius 2 is 2.33 bits per heavy atom. The van der Waals surface area contributed by atoms with Gasteiger partial charge in [-0.1, -0.05) is 15.9 Å². The molecule has 1 aromatic rings. The average Bonchev–Trinajstić information content (AvgIpc) is 2.38. The first-order valence-electron chi connectivity index (χ1n) is 5.61. The number of phenols is 1. The van der Waals surface area contributed by atoms with E-state index < -0.39 is 0 Å². The fourth-order valence-corrected chi connectivity index (χ4v) is 2.26. The lowest BCUT2D eigenvalue weighted by Crippen LogP contribution is -2.50. The first-order chi connectivity index (χ1) is 8.63. The number of phenolic OH excluding ortho intramolecular Hbond substituents is 1. The van der Waals surface area contributed by atoms with Gasteiger partial charge in [0.2, 0.25) is 0 Å². The largest absolute Gasteiger partial charge is 0.507 e. The van der Waals surface area contributed by atoms with Crippen molar-refractivity contribution in [1.29, 1.82) is 0 Å². The number of morpholine rings is 1. The molecular weight excluding hydrogens is 302 g/mol. The molecule has 2 rings (SSSR count). The molecule has 6 heteroatoms. The topological polar surface area (TPSA) is 70.0 Å². The number of ether oxygens (including phenoxy) is 1. The quantitative estimate of drug-likeness (QED) is 0.854. The number of aromatic hydroxyl groups is 1. The number of amides is 1. The number of hydrogen-bond donors (Lipinski definition) is 2. The Balaban J connectivity index is 2.24. The third-order valence-electron chi connectivity index (χ3n) is 2.89. The maximum atomic E-state index is 12.3. The minimum Gasteiger partial charge on any atom is -0.507 e. The van der Waals surface area contributed by atoms with Gasteiger partial charge in [0.1, 0.15) is 5.75 Å². The van der Waals surface area contributed by atoms with Crippen molar-refractivity contribution in [3.8, 4) is 5.75 Å². The van der Waals surface area contributed by atoms with Crippen LogP contribution in [0.3, 0.4) is 0 Å². The Kier molecular flexibility index (Phi) is 4.21. The van der Waals surface area contributed by atoms with Crippen molar-refractivity contribution < 1.29 is 19.7 Å². The van der Waals surface area contributed by atoms with E-state index >= 15 is 0 Å². The molecular formula is C12H14BrNO4. The molecule has 1 aliphatic heterocycles. The molecule has 1 aromatic carbocycles. The minimum absolute atomic E-state index is 0.0717. The van der Waals surface area contributed by atoms with Crippen molar-refractivity contribution in [3.63, 3.8) is 0 Å². The van der Waals surface area contributed by atoms with Gasteiger partial charge >= 0.3 is 0 Å². The molecule has 98 valence electrons. The van der Waals surface area contributed by atoms with Gasteiger partial charge in [0.05, 0.1) is 31.4 Å². The van der Waals surface area contributed by atoms with E-state index in [9.17, 15) is 15.0 Å². The predicted molar refractivity (Wildman–Crippen MR) is 68.5 cm³/mol. The SMILES string of the molecule is O=C(c1ccc(Br)cc1O)N1CCOCC1CO. The lowest BCUT2D eigenvalue weighted by molar-refractivity contribution is -0.0185. The second-order valence-corrected chi connectivity index (χ2v) is 4.99. The van der Waals surface area contributed by atoms with Crippen LogP contribution in [0, 0.1) is 0 Å². The molecule has 0 radical (unpaired) electrons. The van der Waals surface area contributed by atoms with Crippen molar-refractivity contribution in [1.82, 2.24) is 4.90 Å². The monoisotopic (exact) mass is 315 g/mol. The lowest BCUT2D eigenvalue weighted by atomic mass is 10.1. The highest BCUT2D eigenvalue weighted by Crippen LogP contribution is 2.24. The smallest absolute Gasteiger partial charge is 0.258 e. The fourth-order valence-electron chi connectivity index (χ4n) is 1.91.